The summed E-state index contributed by atoms with van der Waals surface area (Å²) in [5.74, 6) is 0. The van der Waals surface area contributed by atoms with Crippen LogP contribution in [0.3, 0.4) is 0 Å². The van der Waals surface area contributed by atoms with E-state index in [4.69, 9.17) is 5.73 Å². The van der Waals surface area contributed by atoms with Crippen LogP contribution in [0.2, 0.25) is 0 Å². The molecular weight excluding hydrogens is 1120 g/mol. The summed E-state index contributed by atoms with van der Waals surface area (Å²) in [6.07, 6.45) is 0. The van der Waals surface area contributed by atoms with Crippen molar-refractivity contribution < 1.29 is 0 Å². The molecule has 0 saturated heterocycles. The molecular formula is C6H2Br13N. The molecule has 0 aromatic heterocycles. The zero-order chi connectivity index (χ0) is 17.0. The lowest BCUT2D eigenvalue weighted by Gasteiger charge is -2.53. The minimum Gasteiger partial charge on any atom is -0.305 e. The molecule has 0 amide bonds. The summed E-state index contributed by atoms with van der Waals surface area (Å²) in [5.41, 5.74) is 6.12. The minimum atomic E-state index is -1.00. The number of halogens is 13. The number of alkyl halides is 13. The van der Waals surface area contributed by atoms with Gasteiger partial charge in [0.1, 0.15) is 12.9 Å². The molecule has 0 aliphatic carbocycles. The molecule has 122 valence electrons. The number of hydrogen-bond acceptors (Lipinski definition) is 1. The molecule has 0 aromatic rings. The van der Waals surface area contributed by atoms with Gasteiger partial charge in [-0.05, 0) is 0 Å². The fraction of sp³-hybridized carbons (Fsp3) is 1.00. The van der Waals surface area contributed by atoms with E-state index in [1.807, 2.05) is 0 Å². The van der Waals surface area contributed by atoms with Gasteiger partial charge < -0.3 is 5.73 Å². The van der Waals surface area contributed by atoms with Crippen LogP contribution in [0, 0.1) is 0 Å². The summed E-state index contributed by atoms with van der Waals surface area (Å²) >= 11 is 46.3. The summed E-state index contributed by atoms with van der Waals surface area (Å²) < 4.78 is -5.18. The van der Waals surface area contributed by atoms with E-state index >= 15 is 0 Å². The maximum atomic E-state index is 6.12. The van der Waals surface area contributed by atoms with E-state index in [0.29, 0.717) is 0 Å². The molecule has 0 heterocycles. The van der Waals surface area contributed by atoms with Crippen LogP contribution in [0.1, 0.15) is 0 Å². The quantitative estimate of drug-likeness (QED) is 0.221. The molecule has 0 atom stereocenters. The van der Waals surface area contributed by atoms with Gasteiger partial charge in [-0.15, -0.1) is 0 Å². The first-order valence-electron chi connectivity index (χ1n) is 4.00. The summed E-state index contributed by atoms with van der Waals surface area (Å²) in [7, 11) is 0. The Morgan fingerprint density at radius 2 is 0.650 bits per heavy atom. The van der Waals surface area contributed by atoms with Crippen LogP contribution < -0.4 is 5.73 Å². The predicted molar refractivity (Wildman–Crippen MR) is 137 cm³/mol. The van der Waals surface area contributed by atoms with Gasteiger partial charge in [0.05, 0.1) is 0 Å². The zero-order valence-corrected chi connectivity index (χ0v) is 29.1. The maximum absolute atomic E-state index is 6.12. The third-order valence-corrected chi connectivity index (χ3v) is 26.2. The smallest absolute Gasteiger partial charge is 0.162 e. The SMILES string of the molecule is NC(Br)(Br)C(Br)(Br)C(Br)(Br)C(Br)(Br)C(Br)(Br)C(Br)(Br)Br. The Bertz CT molecular complexity index is 324. The van der Waals surface area contributed by atoms with Gasteiger partial charge in [-0.2, -0.15) is 0 Å². The normalized spacial score (nSPS) is 16.5. The second-order valence-corrected chi connectivity index (χ2v) is 27.5. The fourth-order valence-corrected chi connectivity index (χ4v) is 10.7. The highest BCUT2D eigenvalue weighted by Gasteiger charge is 2.72. The van der Waals surface area contributed by atoms with Crippen molar-refractivity contribution >= 4 is 207 Å². The summed E-state index contributed by atoms with van der Waals surface area (Å²) in [4.78, 5) is 0. The Morgan fingerprint density at radius 1 is 0.400 bits per heavy atom. The lowest BCUT2D eigenvalue weighted by atomic mass is 10.2. The van der Waals surface area contributed by atoms with Gasteiger partial charge in [0.25, 0.3) is 0 Å². The Kier molecular flexibility index (Phi) is 10.9. The van der Waals surface area contributed by atoms with Crippen LogP contribution >= 0.6 is 207 Å². The van der Waals surface area contributed by atoms with Gasteiger partial charge >= 0.3 is 0 Å². The molecule has 0 saturated carbocycles. The monoisotopic (exact) mass is 1110 g/mol. The number of rotatable bonds is 4. The van der Waals surface area contributed by atoms with E-state index in [9.17, 15) is 0 Å². The first-order chi connectivity index (χ1) is 8.25. The third-order valence-electron chi connectivity index (χ3n) is 1.96. The highest BCUT2D eigenvalue weighted by Crippen LogP contribution is 2.73. The van der Waals surface area contributed by atoms with Gasteiger partial charge in [0.2, 0.25) is 0 Å². The molecule has 0 fully saturated rings. The maximum Gasteiger partial charge on any atom is 0.162 e. The third kappa shape index (κ3) is 4.97. The van der Waals surface area contributed by atoms with Crippen LogP contribution in [0.25, 0.3) is 0 Å². The van der Waals surface area contributed by atoms with Gasteiger partial charge in [-0.25, -0.2) is 0 Å². The molecule has 1 nitrogen and oxygen atoms in total. The molecule has 14 heteroatoms. The molecule has 0 rings (SSSR count). The largest absolute Gasteiger partial charge is 0.305 e. The van der Waals surface area contributed by atoms with E-state index in [-0.39, 0.29) is 0 Å². The van der Waals surface area contributed by atoms with Crippen LogP contribution in [0.15, 0.2) is 0 Å². The molecule has 0 spiro atoms. The lowest BCUT2D eigenvalue weighted by molar-refractivity contribution is 0.629. The lowest BCUT2D eigenvalue weighted by Crippen LogP contribution is -2.65. The molecule has 0 aromatic carbocycles. The highest BCUT2D eigenvalue weighted by molar-refractivity contribution is 9.42. The second-order valence-electron chi connectivity index (χ2n) is 3.42. The Balaban J connectivity index is 6.08. The molecule has 0 aliphatic rings. The molecule has 0 aliphatic heterocycles. The molecule has 20 heavy (non-hydrogen) atoms. The fourth-order valence-electron chi connectivity index (χ4n) is 0.782. The van der Waals surface area contributed by atoms with Gasteiger partial charge in [0.15, 0.2) is 5.50 Å². The van der Waals surface area contributed by atoms with Gasteiger partial charge in [0, 0.05) is 0 Å². The van der Waals surface area contributed by atoms with Crippen molar-refractivity contribution in [1.82, 2.24) is 0 Å². The summed E-state index contributed by atoms with van der Waals surface area (Å²) in [6, 6.07) is 0. The van der Waals surface area contributed by atoms with Crippen molar-refractivity contribution in [2.24, 2.45) is 5.73 Å². The van der Waals surface area contributed by atoms with E-state index in [1.54, 1.807) is 0 Å². The summed E-state index contributed by atoms with van der Waals surface area (Å²) in [5, 5.41) is 0. The first-order valence-corrected chi connectivity index (χ1v) is 14.3. The molecule has 0 unspecified atom stereocenters. The number of hydrogen-bond donors (Lipinski definition) is 1. The average Bonchev–Trinajstić information content (AvgIpc) is 2.12. The highest BCUT2D eigenvalue weighted by atomic mass is 80.0. The first kappa shape index (κ1) is 26.2. The van der Waals surface area contributed by atoms with Crippen LogP contribution in [0.4, 0.5) is 0 Å². The standard InChI is InChI=1S/C6H2Br13N/c7-1(8,3(11,12)5(15,16)17)2(9,10)4(13,14)6(18,19)20/h20H2. The minimum absolute atomic E-state index is 0.717. The van der Waals surface area contributed by atoms with Crippen molar-refractivity contribution in [3.63, 3.8) is 0 Å². The molecule has 2 N–H and O–H groups in total. The van der Waals surface area contributed by atoms with E-state index in [0.717, 1.165) is 0 Å². The predicted octanol–water partition coefficient (Wildman–Crippen LogP) is 9.17. The Morgan fingerprint density at radius 3 is 0.850 bits per heavy atom. The van der Waals surface area contributed by atoms with Crippen LogP contribution in [0.5, 0.6) is 0 Å². The van der Waals surface area contributed by atoms with Crippen molar-refractivity contribution in [3.8, 4) is 0 Å². The number of nitrogens with two attached hydrogens (primary N) is 1. The van der Waals surface area contributed by atoms with Gasteiger partial charge in [-0.3, -0.25) is 0 Å². The van der Waals surface area contributed by atoms with E-state index in [2.05, 4.69) is 207 Å². The summed E-state index contributed by atoms with van der Waals surface area (Å²) in [6.45, 7) is 0. The molecule has 0 radical (unpaired) electrons. The van der Waals surface area contributed by atoms with Crippen molar-refractivity contribution in [2.75, 3.05) is 0 Å². The zero-order valence-electron chi connectivity index (χ0n) is 8.49. The van der Waals surface area contributed by atoms with E-state index < -0.39 is 18.4 Å². The Hall–Kier alpha value is 6.20. The average molecular weight is 1130 g/mol. The molecule has 0 bridgehead atoms. The van der Waals surface area contributed by atoms with E-state index in [1.165, 1.54) is 0 Å². The second kappa shape index (κ2) is 8.29. The van der Waals surface area contributed by atoms with Crippen molar-refractivity contribution in [1.29, 1.82) is 0 Å². The Labute approximate surface area is 226 Å². The van der Waals surface area contributed by atoms with Crippen LogP contribution in [-0.2, 0) is 0 Å². The van der Waals surface area contributed by atoms with Crippen LogP contribution in [-0.4, -0.2) is 18.4 Å². The van der Waals surface area contributed by atoms with Crippen molar-refractivity contribution in [3.05, 3.63) is 0 Å². The topological polar surface area (TPSA) is 26.0 Å². The van der Waals surface area contributed by atoms with Crippen molar-refractivity contribution in [2.45, 2.75) is 18.4 Å². The van der Waals surface area contributed by atoms with Gasteiger partial charge in [-0.1, -0.05) is 207 Å².